The first kappa shape index (κ1) is 18.3. The molecule has 0 fully saturated rings. The van der Waals surface area contributed by atoms with Crippen LogP contribution >= 0.6 is 11.8 Å². The number of para-hydroxylation sites is 1. The van der Waals surface area contributed by atoms with E-state index in [2.05, 4.69) is 20.8 Å². The minimum Gasteiger partial charge on any atom is -0.337 e. The molecule has 0 unspecified atom stereocenters. The number of carbonyl (C=O) groups is 1. The van der Waals surface area contributed by atoms with E-state index in [1.165, 1.54) is 11.8 Å². The monoisotopic (exact) mass is 368 g/mol. The summed E-state index contributed by atoms with van der Waals surface area (Å²) in [6.07, 6.45) is 1.13. The number of aromatic amines is 1. The topological polar surface area (TPSA) is 104 Å². The Hall–Kier alpha value is -2.00. The van der Waals surface area contributed by atoms with Gasteiger partial charge in [-0.2, -0.15) is 5.10 Å². The first-order valence-corrected chi connectivity index (χ1v) is 10.1. The maximum absolute atomic E-state index is 11.9. The SMILES string of the molecule is Cc1n[nH]c(C)c1Sc1ccccc1NC(=O)NCCS(C)(=O)=O. The van der Waals surface area contributed by atoms with E-state index in [0.717, 1.165) is 27.4 Å². The van der Waals surface area contributed by atoms with Crippen LogP contribution in [0, 0.1) is 13.8 Å². The smallest absolute Gasteiger partial charge is 0.319 e. The summed E-state index contributed by atoms with van der Waals surface area (Å²) < 4.78 is 22.2. The van der Waals surface area contributed by atoms with Crippen molar-refractivity contribution in [1.82, 2.24) is 15.5 Å². The van der Waals surface area contributed by atoms with E-state index in [0.29, 0.717) is 5.69 Å². The number of amides is 2. The number of hydrogen-bond donors (Lipinski definition) is 3. The van der Waals surface area contributed by atoms with E-state index < -0.39 is 15.9 Å². The lowest BCUT2D eigenvalue weighted by Crippen LogP contribution is -2.32. The van der Waals surface area contributed by atoms with Gasteiger partial charge < -0.3 is 10.6 Å². The summed E-state index contributed by atoms with van der Waals surface area (Å²) in [4.78, 5) is 13.8. The van der Waals surface area contributed by atoms with Gasteiger partial charge in [0.15, 0.2) is 0 Å². The van der Waals surface area contributed by atoms with E-state index in [1.807, 2.05) is 32.0 Å². The number of aromatic nitrogens is 2. The molecule has 1 aromatic heterocycles. The highest BCUT2D eigenvalue weighted by Crippen LogP contribution is 2.36. The summed E-state index contributed by atoms with van der Waals surface area (Å²) in [5.74, 6) is -0.0930. The molecule has 0 bridgehead atoms. The fourth-order valence-electron chi connectivity index (χ4n) is 1.98. The van der Waals surface area contributed by atoms with Crippen molar-refractivity contribution in [3.63, 3.8) is 0 Å². The molecule has 0 aliphatic rings. The van der Waals surface area contributed by atoms with Gasteiger partial charge in [0.25, 0.3) is 0 Å². The van der Waals surface area contributed by atoms with Gasteiger partial charge in [0.05, 0.1) is 22.0 Å². The van der Waals surface area contributed by atoms with Crippen LogP contribution < -0.4 is 10.6 Å². The minimum absolute atomic E-state index is 0.0694. The summed E-state index contributed by atoms with van der Waals surface area (Å²) in [7, 11) is -3.10. The Morgan fingerprint density at radius 1 is 1.29 bits per heavy atom. The van der Waals surface area contributed by atoms with Crippen molar-refractivity contribution < 1.29 is 13.2 Å². The van der Waals surface area contributed by atoms with Crippen molar-refractivity contribution in [2.75, 3.05) is 23.9 Å². The third kappa shape index (κ3) is 5.27. The Bertz CT molecular complexity index is 811. The average Bonchev–Trinajstić information content (AvgIpc) is 2.79. The molecule has 0 aliphatic heterocycles. The van der Waals surface area contributed by atoms with Gasteiger partial charge in [0.1, 0.15) is 9.84 Å². The third-order valence-corrected chi connectivity index (χ3v) is 5.49. The largest absolute Gasteiger partial charge is 0.337 e. The number of nitrogens with one attached hydrogen (secondary N) is 3. The molecule has 0 atom stereocenters. The number of hydrogen-bond acceptors (Lipinski definition) is 5. The zero-order valence-corrected chi connectivity index (χ0v) is 15.3. The van der Waals surface area contributed by atoms with Crippen LogP contribution in [0.1, 0.15) is 11.4 Å². The Balaban J connectivity index is 2.05. The predicted octanol–water partition coefficient (Wildman–Crippen LogP) is 2.34. The van der Waals surface area contributed by atoms with Gasteiger partial charge in [-0.3, -0.25) is 5.10 Å². The van der Waals surface area contributed by atoms with Gasteiger partial charge in [-0.05, 0) is 26.0 Å². The number of carbonyl (C=O) groups excluding carboxylic acids is 1. The molecular weight excluding hydrogens is 348 g/mol. The van der Waals surface area contributed by atoms with E-state index in [9.17, 15) is 13.2 Å². The Kier molecular flexibility index (Phi) is 5.89. The summed E-state index contributed by atoms with van der Waals surface area (Å²) in [6, 6.07) is 6.98. The molecule has 2 rings (SSSR count). The zero-order valence-electron chi connectivity index (χ0n) is 13.7. The molecule has 1 heterocycles. The van der Waals surface area contributed by atoms with Gasteiger partial charge in [-0.15, -0.1) is 0 Å². The lowest BCUT2D eigenvalue weighted by atomic mass is 10.3. The summed E-state index contributed by atoms with van der Waals surface area (Å²) in [6.45, 7) is 3.93. The van der Waals surface area contributed by atoms with Crippen molar-refractivity contribution in [3.8, 4) is 0 Å². The fraction of sp³-hybridized carbons (Fsp3) is 0.333. The van der Waals surface area contributed by atoms with E-state index in [4.69, 9.17) is 0 Å². The molecule has 1 aromatic carbocycles. The average molecular weight is 368 g/mol. The second-order valence-electron chi connectivity index (χ2n) is 5.37. The number of nitrogens with zero attached hydrogens (tertiary/aromatic N) is 1. The Morgan fingerprint density at radius 2 is 2.00 bits per heavy atom. The highest BCUT2D eigenvalue weighted by molar-refractivity contribution is 7.99. The molecule has 0 radical (unpaired) electrons. The van der Waals surface area contributed by atoms with Crippen molar-refractivity contribution in [3.05, 3.63) is 35.7 Å². The highest BCUT2D eigenvalue weighted by Gasteiger charge is 2.12. The lowest BCUT2D eigenvalue weighted by Gasteiger charge is -2.11. The molecule has 24 heavy (non-hydrogen) atoms. The number of rotatable bonds is 6. The summed E-state index contributed by atoms with van der Waals surface area (Å²) >= 11 is 1.51. The molecule has 3 N–H and O–H groups in total. The molecule has 0 saturated carbocycles. The van der Waals surface area contributed by atoms with Crippen LogP contribution in [0.25, 0.3) is 0 Å². The molecule has 9 heteroatoms. The number of H-pyrrole nitrogens is 1. The van der Waals surface area contributed by atoms with Crippen molar-refractivity contribution >= 4 is 33.3 Å². The molecular formula is C15H20N4O3S2. The van der Waals surface area contributed by atoms with Crippen molar-refractivity contribution in [2.24, 2.45) is 0 Å². The molecule has 2 aromatic rings. The van der Waals surface area contributed by atoms with Gasteiger partial charge >= 0.3 is 6.03 Å². The van der Waals surface area contributed by atoms with Crippen LogP contribution in [0.4, 0.5) is 10.5 Å². The zero-order chi connectivity index (χ0) is 17.7. The number of urea groups is 1. The number of anilines is 1. The van der Waals surface area contributed by atoms with Crippen LogP contribution in [0.15, 0.2) is 34.1 Å². The second kappa shape index (κ2) is 7.71. The van der Waals surface area contributed by atoms with Crippen LogP contribution in [0.5, 0.6) is 0 Å². The van der Waals surface area contributed by atoms with Gasteiger partial charge in [-0.25, -0.2) is 13.2 Å². The molecule has 0 spiro atoms. The number of aryl methyl sites for hydroxylation is 2. The van der Waals surface area contributed by atoms with E-state index in [1.54, 1.807) is 6.07 Å². The fourth-order valence-corrected chi connectivity index (χ4v) is 3.44. The minimum atomic E-state index is -3.10. The molecule has 7 nitrogen and oxygen atoms in total. The maximum Gasteiger partial charge on any atom is 0.319 e. The maximum atomic E-state index is 11.9. The quantitative estimate of drug-likeness (QED) is 0.726. The standard InChI is InChI=1S/C15H20N4O3S2/c1-10-14(11(2)19-18-10)23-13-7-5-4-6-12(13)17-15(20)16-8-9-24(3,21)22/h4-7H,8-9H2,1-3H3,(H,18,19)(H2,16,17,20). The van der Waals surface area contributed by atoms with E-state index in [-0.39, 0.29) is 12.3 Å². The van der Waals surface area contributed by atoms with Crippen LogP contribution in [-0.4, -0.2) is 43.2 Å². The Morgan fingerprint density at radius 3 is 2.62 bits per heavy atom. The van der Waals surface area contributed by atoms with Crippen molar-refractivity contribution in [1.29, 1.82) is 0 Å². The first-order valence-electron chi connectivity index (χ1n) is 7.27. The third-order valence-electron chi connectivity index (χ3n) is 3.17. The van der Waals surface area contributed by atoms with Crippen molar-refractivity contribution in [2.45, 2.75) is 23.6 Å². The molecule has 0 aliphatic carbocycles. The number of sulfone groups is 1. The summed E-state index contributed by atoms with van der Waals surface area (Å²) in [5.41, 5.74) is 2.51. The number of benzene rings is 1. The molecule has 0 saturated heterocycles. The van der Waals surface area contributed by atoms with Crippen LogP contribution in [0.2, 0.25) is 0 Å². The lowest BCUT2D eigenvalue weighted by molar-refractivity contribution is 0.252. The van der Waals surface area contributed by atoms with Gasteiger partial charge in [0, 0.05) is 23.4 Å². The summed E-state index contributed by atoms with van der Waals surface area (Å²) in [5, 5.41) is 12.4. The molecule has 2 amide bonds. The van der Waals surface area contributed by atoms with Crippen LogP contribution in [-0.2, 0) is 9.84 Å². The highest BCUT2D eigenvalue weighted by atomic mass is 32.2. The molecule has 130 valence electrons. The Labute approximate surface area is 145 Å². The predicted molar refractivity (Wildman–Crippen MR) is 95.4 cm³/mol. The normalized spacial score (nSPS) is 11.3. The second-order valence-corrected chi connectivity index (χ2v) is 8.68. The first-order chi connectivity index (χ1) is 11.3. The van der Waals surface area contributed by atoms with Gasteiger partial charge in [0.2, 0.25) is 0 Å². The van der Waals surface area contributed by atoms with Gasteiger partial charge in [-0.1, -0.05) is 23.9 Å². The van der Waals surface area contributed by atoms with Crippen LogP contribution in [0.3, 0.4) is 0 Å². The van der Waals surface area contributed by atoms with E-state index >= 15 is 0 Å².